The summed E-state index contributed by atoms with van der Waals surface area (Å²) >= 11 is 0. The van der Waals surface area contributed by atoms with Crippen molar-refractivity contribution in [3.63, 3.8) is 0 Å². The topological polar surface area (TPSA) is 74.8 Å². The molecule has 34 heavy (non-hydrogen) atoms. The first kappa shape index (κ1) is 22.1. The maximum atomic E-state index is 13.3. The number of nitrogens with zero attached hydrogens (tertiary/aromatic N) is 5. The summed E-state index contributed by atoms with van der Waals surface area (Å²) in [7, 11) is 1.84. The molecule has 0 amide bonds. The van der Waals surface area contributed by atoms with E-state index in [-0.39, 0.29) is 11.1 Å². The number of aromatic nitrogens is 5. The first-order valence-electron chi connectivity index (χ1n) is 11.1. The summed E-state index contributed by atoms with van der Waals surface area (Å²) in [4.78, 5) is 20.3. The summed E-state index contributed by atoms with van der Waals surface area (Å²) in [6, 6.07) is 6.64. The molecule has 0 saturated heterocycles. The first-order valence-corrected chi connectivity index (χ1v) is 11.1. The van der Waals surface area contributed by atoms with E-state index in [1.165, 1.54) is 37.1 Å². The van der Waals surface area contributed by atoms with E-state index in [9.17, 15) is 18.0 Å². The fourth-order valence-electron chi connectivity index (χ4n) is 4.61. The monoisotopic (exact) mass is 469 g/mol. The van der Waals surface area contributed by atoms with Gasteiger partial charge in [0.2, 0.25) is 5.88 Å². The van der Waals surface area contributed by atoms with Crippen LogP contribution in [0.4, 0.5) is 13.2 Å². The number of pyridine rings is 1. The molecule has 176 valence electrons. The average molecular weight is 469 g/mol. The molecule has 1 aliphatic carbocycles. The highest BCUT2D eigenvalue weighted by molar-refractivity contribution is 5.81. The quantitative estimate of drug-likeness (QED) is 0.402. The molecule has 3 heterocycles. The van der Waals surface area contributed by atoms with Crippen molar-refractivity contribution in [3.05, 3.63) is 70.5 Å². The van der Waals surface area contributed by atoms with E-state index in [0.717, 1.165) is 43.1 Å². The van der Waals surface area contributed by atoms with Gasteiger partial charge in [-0.15, -0.1) is 0 Å². The number of aryl methyl sites for hydroxylation is 1. The van der Waals surface area contributed by atoms with E-state index >= 15 is 0 Å². The summed E-state index contributed by atoms with van der Waals surface area (Å²) < 4.78 is 49.0. The van der Waals surface area contributed by atoms with Gasteiger partial charge in [0.1, 0.15) is 23.5 Å². The highest BCUT2D eigenvalue weighted by Crippen LogP contribution is 2.38. The van der Waals surface area contributed by atoms with Crippen molar-refractivity contribution in [1.29, 1.82) is 0 Å². The van der Waals surface area contributed by atoms with Crippen LogP contribution in [0, 0.1) is 0 Å². The zero-order valence-electron chi connectivity index (χ0n) is 18.4. The fourth-order valence-corrected chi connectivity index (χ4v) is 4.61. The zero-order chi connectivity index (χ0) is 23.9. The van der Waals surface area contributed by atoms with Gasteiger partial charge >= 0.3 is 6.18 Å². The Hall–Kier alpha value is -3.69. The SMILES string of the molecule is Cn1ncc(C2CCCCC2)c1-n1cnc(=O)c2cc(Oc3ncccc3C(F)(F)F)ccc21. The minimum atomic E-state index is -4.62. The van der Waals surface area contributed by atoms with E-state index in [2.05, 4.69) is 15.1 Å². The number of hydrogen-bond acceptors (Lipinski definition) is 5. The van der Waals surface area contributed by atoms with Crippen molar-refractivity contribution in [2.75, 3.05) is 0 Å². The van der Waals surface area contributed by atoms with Crippen molar-refractivity contribution >= 4 is 10.9 Å². The Labute approximate surface area is 192 Å². The smallest absolute Gasteiger partial charge is 0.421 e. The lowest BCUT2D eigenvalue weighted by molar-refractivity contribution is -0.138. The Kier molecular flexibility index (Phi) is 5.59. The van der Waals surface area contributed by atoms with E-state index in [1.807, 2.05) is 13.2 Å². The Morgan fingerprint density at radius 2 is 1.88 bits per heavy atom. The number of rotatable bonds is 4. The molecule has 1 aliphatic rings. The summed E-state index contributed by atoms with van der Waals surface area (Å²) in [5.41, 5.74) is 0.156. The lowest BCUT2D eigenvalue weighted by Gasteiger charge is -2.23. The van der Waals surface area contributed by atoms with Gasteiger partial charge in [0.05, 0.1) is 17.1 Å². The lowest BCUT2D eigenvalue weighted by atomic mass is 9.85. The van der Waals surface area contributed by atoms with Crippen molar-refractivity contribution in [3.8, 4) is 17.4 Å². The third-order valence-corrected chi connectivity index (χ3v) is 6.25. The van der Waals surface area contributed by atoms with Crippen LogP contribution in [0.15, 0.2) is 53.8 Å². The van der Waals surface area contributed by atoms with Crippen LogP contribution in [0.25, 0.3) is 16.7 Å². The molecule has 10 heteroatoms. The van der Waals surface area contributed by atoms with Gasteiger partial charge in [0.15, 0.2) is 0 Å². The number of hydrogen-bond donors (Lipinski definition) is 0. The normalized spacial score (nSPS) is 15.1. The number of benzene rings is 1. The summed E-state index contributed by atoms with van der Waals surface area (Å²) in [6.45, 7) is 0. The molecule has 0 spiro atoms. The molecule has 0 bridgehead atoms. The summed E-state index contributed by atoms with van der Waals surface area (Å²) in [6.07, 6.45) is 5.64. The van der Waals surface area contributed by atoms with Crippen LogP contribution in [0.2, 0.25) is 0 Å². The number of alkyl halides is 3. The first-order chi connectivity index (χ1) is 16.3. The molecule has 1 saturated carbocycles. The maximum Gasteiger partial charge on any atom is 0.421 e. The number of fused-ring (bicyclic) bond motifs is 1. The van der Waals surface area contributed by atoms with Gasteiger partial charge in [-0.25, -0.2) is 4.98 Å². The van der Waals surface area contributed by atoms with Crippen molar-refractivity contribution < 1.29 is 17.9 Å². The molecule has 1 aromatic carbocycles. The average Bonchev–Trinajstić information content (AvgIpc) is 3.21. The van der Waals surface area contributed by atoms with Crippen LogP contribution in [0.1, 0.15) is 49.1 Å². The lowest BCUT2D eigenvalue weighted by Crippen LogP contribution is -2.16. The second-order valence-corrected chi connectivity index (χ2v) is 8.44. The number of halogens is 3. The van der Waals surface area contributed by atoms with Crippen LogP contribution < -0.4 is 10.3 Å². The predicted molar refractivity (Wildman–Crippen MR) is 119 cm³/mol. The third-order valence-electron chi connectivity index (χ3n) is 6.25. The minimum Gasteiger partial charge on any atom is -0.438 e. The molecule has 0 unspecified atom stereocenters. The summed E-state index contributed by atoms with van der Waals surface area (Å²) in [5, 5.41) is 4.68. The van der Waals surface area contributed by atoms with Crippen molar-refractivity contribution in [2.24, 2.45) is 7.05 Å². The molecule has 1 fully saturated rings. The Morgan fingerprint density at radius 1 is 1.09 bits per heavy atom. The maximum absolute atomic E-state index is 13.3. The fraction of sp³-hybridized carbons (Fsp3) is 0.333. The van der Waals surface area contributed by atoms with E-state index in [4.69, 9.17) is 4.74 Å². The van der Waals surface area contributed by atoms with Crippen LogP contribution in [0.3, 0.4) is 0 Å². The molecule has 3 aromatic heterocycles. The molecule has 4 aromatic rings. The molecule has 0 atom stereocenters. The molecule has 0 aliphatic heterocycles. The second kappa shape index (κ2) is 8.58. The van der Waals surface area contributed by atoms with Gasteiger partial charge in [-0.3, -0.25) is 14.0 Å². The van der Waals surface area contributed by atoms with Crippen LogP contribution in [-0.4, -0.2) is 24.3 Å². The molecule has 0 radical (unpaired) electrons. The largest absolute Gasteiger partial charge is 0.438 e. The highest BCUT2D eigenvalue weighted by atomic mass is 19.4. The zero-order valence-corrected chi connectivity index (χ0v) is 18.4. The highest BCUT2D eigenvalue weighted by Gasteiger charge is 2.35. The van der Waals surface area contributed by atoms with Crippen molar-refractivity contribution in [2.45, 2.75) is 44.2 Å². The van der Waals surface area contributed by atoms with Gasteiger partial charge in [-0.1, -0.05) is 19.3 Å². The van der Waals surface area contributed by atoms with E-state index < -0.39 is 23.2 Å². The molecule has 5 rings (SSSR count). The minimum absolute atomic E-state index is 0.0610. The van der Waals surface area contributed by atoms with Gasteiger partial charge in [-0.05, 0) is 49.1 Å². The van der Waals surface area contributed by atoms with Gasteiger partial charge in [0, 0.05) is 18.8 Å². The van der Waals surface area contributed by atoms with Crippen LogP contribution in [-0.2, 0) is 13.2 Å². The summed E-state index contributed by atoms with van der Waals surface area (Å²) in [5.74, 6) is 0.678. The van der Waals surface area contributed by atoms with E-state index in [1.54, 1.807) is 15.3 Å². The number of ether oxygens (including phenoxy) is 1. The Bertz CT molecular complexity index is 1400. The Morgan fingerprint density at radius 3 is 2.65 bits per heavy atom. The molecule has 7 nitrogen and oxygen atoms in total. The molecular formula is C24H22F3N5O2. The standard InChI is InChI=1S/C24H22F3N5O2/c1-31-23(18(13-30-31)15-6-3-2-4-7-15)32-14-29-21(33)17-12-16(9-10-20(17)32)34-22-19(24(25,26)27)8-5-11-28-22/h5,8-15H,2-4,6-7H2,1H3. The molecule has 0 N–H and O–H groups in total. The van der Waals surface area contributed by atoms with Gasteiger partial charge < -0.3 is 4.74 Å². The second-order valence-electron chi connectivity index (χ2n) is 8.44. The Balaban J connectivity index is 1.58. The van der Waals surface area contributed by atoms with E-state index in [0.29, 0.717) is 11.4 Å². The van der Waals surface area contributed by atoms with Crippen LogP contribution >= 0.6 is 0 Å². The molecular weight excluding hydrogens is 447 g/mol. The third kappa shape index (κ3) is 4.04. The van der Waals surface area contributed by atoms with Crippen LogP contribution in [0.5, 0.6) is 11.6 Å². The van der Waals surface area contributed by atoms with Gasteiger partial charge in [0.25, 0.3) is 5.56 Å². The van der Waals surface area contributed by atoms with Gasteiger partial charge in [-0.2, -0.15) is 23.3 Å². The predicted octanol–water partition coefficient (Wildman–Crippen LogP) is 5.37. The van der Waals surface area contributed by atoms with Crippen molar-refractivity contribution in [1.82, 2.24) is 24.3 Å².